The number of allylic oxidation sites excluding steroid dienone is 5. The third kappa shape index (κ3) is 2.01. The van der Waals surface area contributed by atoms with E-state index in [2.05, 4.69) is 12.6 Å². The number of rotatable bonds is 1. The molecule has 0 unspecified atom stereocenters. The van der Waals surface area contributed by atoms with Crippen LogP contribution in [0.4, 0.5) is 4.79 Å². The van der Waals surface area contributed by atoms with Crippen molar-refractivity contribution in [3.63, 3.8) is 0 Å². The van der Waals surface area contributed by atoms with Crippen LogP contribution in [0.25, 0.3) is 0 Å². The maximum absolute atomic E-state index is 11.0. The van der Waals surface area contributed by atoms with Gasteiger partial charge in [0.1, 0.15) is 0 Å². The third-order valence-electron chi connectivity index (χ3n) is 1.62. The Labute approximate surface area is 77.7 Å². The van der Waals surface area contributed by atoms with E-state index < -0.39 is 0 Å². The first-order valence-corrected chi connectivity index (χ1v) is 4.26. The van der Waals surface area contributed by atoms with Crippen LogP contribution >= 0.6 is 12.6 Å². The quantitative estimate of drug-likeness (QED) is 0.617. The highest BCUT2D eigenvalue weighted by Gasteiger charge is 2.09. The minimum absolute atomic E-state index is 0.247. The van der Waals surface area contributed by atoms with Crippen molar-refractivity contribution in [2.24, 2.45) is 0 Å². The van der Waals surface area contributed by atoms with Crippen LogP contribution in [-0.2, 0) is 0 Å². The van der Waals surface area contributed by atoms with Gasteiger partial charge in [-0.15, -0.1) is 0 Å². The van der Waals surface area contributed by atoms with Gasteiger partial charge in [0.25, 0.3) is 5.24 Å². The Morgan fingerprint density at radius 3 is 2.83 bits per heavy atom. The topological polar surface area (TPSA) is 20.3 Å². The molecule has 1 aliphatic rings. The Kier molecular flexibility index (Phi) is 3.17. The standard InChI is InChI=1S/C9H11NOS/c1-2-8-6-4-3-5-7-10(8)9(11)12/h3-7H,2H2,1H3,(H,11,12). The van der Waals surface area contributed by atoms with Gasteiger partial charge in [0.15, 0.2) is 0 Å². The number of hydrogen-bond acceptors (Lipinski definition) is 1. The number of carbonyl (C=O) groups is 1. The van der Waals surface area contributed by atoms with Crippen molar-refractivity contribution in [3.8, 4) is 0 Å². The second-order valence-corrected chi connectivity index (χ2v) is 2.77. The molecule has 1 aliphatic heterocycles. The molecule has 0 bridgehead atoms. The molecule has 0 saturated carbocycles. The predicted molar refractivity (Wildman–Crippen MR) is 52.9 cm³/mol. The summed E-state index contributed by atoms with van der Waals surface area (Å²) in [4.78, 5) is 12.5. The normalized spacial score (nSPS) is 15.8. The van der Waals surface area contributed by atoms with Crippen LogP contribution in [0.15, 0.2) is 36.2 Å². The van der Waals surface area contributed by atoms with Gasteiger partial charge >= 0.3 is 0 Å². The van der Waals surface area contributed by atoms with Gasteiger partial charge in [-0.1, -0.05) is 31.7 Å². The van der Waals surface area contributed by atoms with Crippen LogP contribution < -0.4 is 0 Å². The van der Waals surface area contributed by atoms with Crippen LogP contribution in [0.1, 0.15) is 13.3 Å². The highest BCUT2D eigenvalue weighted by atomic mass is 32.1. The van der Waals surface area contributed by atoms with E-state index in [0.29, 0.717) is 0 Å². The summed E-state index contributed by atoms with van der Waals surface area (Å²) in [5.41, 5.74) is 0.958. The van der Waals surface area contributed by atoms with E-state index in [0.717, 1.165) is 12.1 Å². The minimum atomic E-state index is -0.247. The van der Waals surface area contributed by atoms with E-state index in [4.69, 9.17) is 0 Å². The fourth-order valence-corrected chi connectivity index (χ4v) is 1.21. The maximum Gasteiger partial charge on any atom is 0.286 e. The van der Waals surface area contributed by atoms with Crippen molar-refractivity contribution >= 4 is 17.9 Å². The molecule has 1 heterocycles. The predicted octanol–water partition coefficient (Wildman–Crippen LogP) is 2.72. The second-order valence-electron chi connectivity index (χ2n) is 2.39. The Balaban J connectivity index is 2.90. The molecule has 0 spiro atoms. The van der Waals surface area contributed by atoms with Crippen molar-refractivity contribution in [2.45, 2.75) is 13.3 Å². The number of carbonyl (C=O) groups excluding carboxylic acids is 1. The molecule has 0 aromatic rings. The molecule has 0 saturated heterocycles. The summed E-state index contributed by atoms with van der Waals surface area (Å²) in [5, 5.41) is -0.247. The Morgan fingerprint density at radius 2 is 2.25 bits per heavy atom. The smallest absolute Gasteiger partial charge is 0.283 e. The highest BCUT2D eigenvalue weighted by molar-refractivity contribution is 7.96. The van der Waals surface area contributed by atoms with E-state index in [1.54, 1.807) is 6.20 Å². The van der Waals surface area contributed by atoms with Crippen LogP contribution in [0, 0.1) is 0 Å². The van der Waals surface area contributed by atoms with E-state index in [1.165, 1.54) is 4.90 Å². The molecule has 1 rings (SSSR count). The van der Waals surface area contributed by atoms with E-state index in [-0.39, 0.29) is 5.24 Å². The molecule has 0 fully saturated rings. The molecular weight excluding hydrogens is 170 g/mol. The molecule has 0 N–H and O–H groups in total. The number of hydrogen-bond donors (Lipinski definition) is 1. The summed E-state index contributed by atoms with van der Waals surface area (Å²) >= 11 is 3.77. The third-order valence-corrected chi connectivity index (χ3v) is 1.84. The molecule has 3 heteroatoms. The molecule has 1 amide bonds. The lowest BCUT2D eigenvalue weighted by atomic mass is 10.3. The fraction of sp³-hybridized carbons (Fsp3) is 0.222. The largest absolute Gasteiger partial charge is 0.286 e. The zero-order valence-electron chi connectivity index (χ0n) is 6.90. The Morgan fingerprint density at radius 1 is 1.50 bits per heavy atom. The molecule has 2 nitrogen and oxygen atoms in total. The van der Waals surface area contributed by atoms with E-state index >= 15 is 0 Å². The average molecular weight is 181 g/mol. The average Bonchev–Trinajstić information content (AvgIpc) is 2.27. The second kappa shape index (κ2) is 4.16. The molecule has 12 heavy (non-hydrogen) atoms. The molecule has 0 atom stereocenters. The van der Waals surface area contributed by atoms with Crippen LogP contribution in [0.2, 0.25) is 0 Å². The summed E-state index contributed by atoms with van der Waals surface area (Å²) in [6.07, 6.45) is 10.1. The lowest BCUT2D eigenvalue weighted by Crippen LogP contribution is -2.18. The van der Waals surface area contributed by atoms with Crippen LogP contribution in [0.3, 0.4) is 0 Å². The number of amides is 1. The first kappa shape index (κ1) is 9.13. The lowest BCUT2D eigenvalue weighted by molar-refractivity contribution is 0.246. The van der Waals surface area contributed by atoms with Gasteiger partial charge in [0, 0.05) is 11.9 Å². The van der Waals surface area contributed by atoms with Gasteiger partial charge in [-0.25, -0.2) is 0 Å². The van der Waals surface area contributed by atoms with E-state index in [9.17, 15) is 4.79 Å². The van der Waals surface area contributed by atoms with Gasteiger partial charge in [0.05, 0.1) is 0 Å². The lowest BCUT2D eigenvalue weighted by Gasteiger charge is -2.16. The van der Waals surface area contributed by atoms with Crippen molar-refractivity contribution in [3.05, 3.63) is 36.2 Å². The fourth-order valence-electron chi connectivity index (χ4n) is 1.02. The Bertz CT molecular complexity index is 266. The van der Waals surface area contributed by atoms with E-state index in [1.807, 2.05) is 31.2 Å². The van der Waals surface area contributed by atoms with Crippen LogP contribution in [-0.4, -0.2) is 10.1 Å². The van der Waals surface area contributed by atoms with Gasteiger partial charge in [0.2, 0.25) is 0 Å². The number of thiol groups is 1. The van der Waals surface area contributed by atoms with Gasteiger partial charge in [-0.2, -0.15) is 0 Å². The molecule has 0 aliphatic carbocycles. The van der Waals surface area contributed by atoms with Crippen molar-refractivity contribution < 1.29 is 4.79 Å². The summed E-state index contributed by atoms with van der Waals surface area (Å²) in [6.45, 7) is 2.00. The Hall–Kier alpha value is -0.960. The minimum Gasteiger partial charge on any atom is -0.283 e. The summed E-state index contributed by atoms with van der Waals surface area (Å²) in [6, 6.07) is 0. The van der Waals surface area contributed by atoms with Gasteiger partial charge in [-0.3, -0.25) is 9.69 Å². The first-order valence-electron chi connectivity index (χ1n) is 3.82. The molecule has 0 radical (unpaired) electrons. The maximum atomic E-state index is 11.0. The van der Waals surface area contributed by atoms with Crippen molar-refractivity contribution in [2.75, 3.05) is 0 Å². The summed E-state index contributed by atoms with van der Waals surface area (Å²) in [7, 11) is 0. The zero-order chi connectivity index (χ0) is 8.97. The summed E-state index contributed by atoms with van der Waals surface area (Å²) < 4.78 is 0. The monoisotopic (exact) mass is 181 g/mol. The zero-order valence-corrected chi connectivity index (χ0v) is 7.79. The molecular formula is C9H11NOS. The van der Waals surface area contributed by atoms with Crippen LogP contribution in [0.5, 0.6) is 0 Å². The molecule has 64 valence electrons. The highest BCUT2D eigenvalue weighted by Crippen LogP contribution is 2.14. The van der Waals surface area contributed by atoms with Gasteiger partial charge in [-0.05, 0) is 18.6 Å². The molecule has 0 aromatic heterocycles. The first-order chi connectivity index (χ1) is 5.75. The van der Waals surface area contributed by atoms with Crippen molar-refractivity contribution in [1.29, 1.82) is 0 Å². The van der Waals surface area contributed by atoms with Gasteiger partial charge < -0.3 is 0 Å². The SMILES string of the molecule is CCC1=CC=CC=CN1C(=O)S. The summed E-state index contributed by atoms with van der Waals surface area (Å²) in [5.74, 6) is 0. The molecule has 0 aromatic carbocycles. The van der Waals surface area contributed by atoms with Crippen molar-refractivity contribution in [1.82, 2.24) is 4.90 Å². The number of nitrogens with zero attached hydrogens (tertiary/aromatic N) is 1.